The highest BCUT2D eigenvalue weighted by Gasteiger charge is 2.35. The van der Waals surface area contributed by atoms with Crippen molar-refractivity contribution in [2.75, 3.05) is 19.4 Å². The van der Waals surface area contributed by atoms with Gasteiger partial charge >= 0.3 is 0 Å². The van der Waals surface area contributed by atoms with Crippen LogP contribution < -0.4 is 10.1 Å². The smallest absolute Gasteiger partial charge is 0.119 e. The van der Waals surface area contributed by atoms with Crippen LogP contribution in [-0.2, 0) is 6.54 Å². The predicted octanol–water partition coefficient (Wildman–Crippen LogP) is 4.49. The third kappa shape index (κ3) is 5.23. The third-order valence-electron chi connectivity index (χ3n) is 4.36. The molecule has 1 aromatic carbocycles. The van der Waals surface area contributed by atoms with Crippen molar-refractivity contribution in [3.05, 3.63) is 29.8 Å². The van der Waals surface area contributed by atoms with Gasteiger partial charge in [0.25, 0.3) is 0 Å². The molecule has 1 saturated carbocycles. The van der Waals surface area contributed by atoms with E-state index in [0.717, 1.165) is 31.9 Å². The van der Waals surface area contributed by atoms with Crippen LogP contribution >= 0.6 is 11.8 Å². The van der Waals surface area contributed by atoms with E-state index in [0.29, 0.717) is 10.7 Å². The molecule has 0 heterocycles. The SMILES string of the molecule is CSC1(CNCc2ccc(OCCC(C)C)cc2)CCC1. The molecule has 0 bridgehead atoms. The Morgan fingerprint density at radius 3 is 2.48 bits per heavy atom. The summed E-state index contributed by atoms with van der Waals surface area (Å²) < 4.78 is 6.26. The zero-order valence-electron chi connectivity index (χ0n) is 13.7. The summed E-state index contributed by atoms with van der Waals surface area (Å²) in [6.45, 7) is 7.34. The van der Waals surface area contributed by atoms with Crippen LogP contribution in [0.3, 0.4) is 0 Å². The summed E-state index contributed by atoms with van der Waals surface area (Å²) in [6.07, 6.45) is 7.47. The van der Waals surface area contributed by atoms with Gasteiger partial charge in [-0.2, -0.15) is 11.8 Å². The summed E-state index contributed by atoms with van der Waals surface area (Å²) in [4.78, 5) is 0. The summed E-state index contributed by atoms with van der Waals surface area (Å²) in [7, 11) is 0. The Balaban J connectivity index is 1.69. The Hall–Kier alpha value is -0.670. The van der Waals surface area contributed by atoms with Gasteiger partial charge in [0.05, 0.1) is 6.61 Å². The number of nitrogens with one attached hydrogen (secondary N) is 1. The van der Waals surface area contributed by atoms with Crippen molar-refractivity contribution in [1.82, 2.24) is 5.32 Å². The normalized spacial score (nSPS) is 16.8. The molecule has 1 fully saturated rings. The average molecular weight is 308 g/mol. The van der Waals surface area contributed by atoms with E-state index in [2.05, 4.69) is 49.7 Å². The lowest BCUT2D eigenvalue weighted by Gasteiger charge is -2.40. The van der Waals surface area contributed by atoms with Crippen molar-refractivity contribution >= 4 is 11.8 Å². The van der Waals surface area contributed by atoms with Crippen LogP contribution in [0.25, 0.3) is 0 Å². The van der Waals surface area contributed by atoms with Crippen molar-refractivity contribution in [3.8, 4) is 5.75 Å². The fraction of sp³-hybridized carbons (Fsp3) is 0.667. The van der Waals surface area contributed by atoms with Gasteiger partial charge in [-0.1, -0.05) is 32.4 Å². The maximum Gasteiger partial charge on any atom is 0.119 e. The van der Waals surface area contributed by atoms with Gasteiger partial charge in [-0.15, -0.1) is 0 Å². The molecule has 1 aliphatic carbocycles. The van der Waals surface area contributed by atoms with E-state index in [1.807, 2.05) is 11.8 Å². The van der Waals surface area contributed by atoms with Crippen molar-refractivity contribution < 1.29 is 4.74 Å². The first-order chi connectivity index (χ1) is 10.1. The highest BCUT2D eigenvalue weighted by atomic mass is 32.2. The van der Waals surface area contributed by atoms with Gasteiger partial charge in [-0.3, -0.25) is 0 Å². The second-order valence-electron chi connectivity index (χ2n) is 6.52. The van der Waals surface area contributed by atoms with E-state index in [1.165, 1.54) is 24.8 Å². The fourth-order valence-corrected chi connectivity index (χ4v) is 3.52. The molecule has 0 radical (unpaired) electrons. The van der Waals surface area contributed by atoms with Gasteiger partial charge in [0.15, 0.2) is 0 Å². The first kappa shape index (κ1) is 16.7. The topological polar surface area (TPSA) is 21.3 Å². The minimum absolute atomic E-state index is 0.514. The number of rotatable bonds is 9. The second kappa shape index (κ2) is 8.09. The van der Waals surface area contributed by atoms with Crippen molar-refractivity contribution in [3.63, 3.8) is 0 Å². The predicted molar refractivity (Wildman–Crippen MR) is 93.2 cm³/mol. The number of hydrogen-bond acceptors (Lipinski definition) is 3. The first-order valence-corrected chi connectivity index (χ1v) is 9.34. The molecule has 0 atom stereocenters. The molecule has 0 aliphatic heterocycles. The van der Waals surface area contributed by atoms with Gasteiger partial charge < -0.3 is 10.1 Å². The van der Waals surface area contributed by atoms with Gasteiger partial charge in [-0.25, -0.2) is 0 Å². The summed E-state index contributed by atoms with van der Waals surface area (Å²) in [5.41, 5.74) is 1.33. The molecule has 0 saturated heterocycles. The van der Waals surface area contributed by atoms with Crippen LogP contribution in [0.1, 0.15) is 45.1 Å². The largest absolute Gasteiger partial charge is 0.494 e. The number of benzene rings is 1. The van der Waals surface area contributed by atoms with Crippen molar-refractivity contribution in [1.29, 1.82) is 0 Å². The lowest BCUT2D eigenvalue weighted by Crippen LogP contribution is -2.43. The molecule has 118 valence electrons. The summed E-state index contributed by atoms with van der Waals surface area (Å²) in [5, 5.41) is 3.61. The van der Waals surface area contributed by atoms with Crippen molar-refractivity contribution in [2.24, 2.45) is 5.92 Å². The van der Waals surface area contributed by atoms with E-state index >= 15 is 0 Å². The molecule has 1 aliphatic rings. The quantitative estimate of drug-likeness (QED) is 0.726. The zero-order chi connectivity index (χ0) is 15.1. The molecule has 0 amide bonds. The molecule has 0 unspecified atom stereocenters. The van der Waals surface area contributed by atoms with Gasteiger partial charge in [0.1, 0.15) is 5.75 Å². The highest BCUT2D eigenvalue weighted by Crippen LogP contribution is 2.42. The van der Waals surface area contributed by atoms with E-state index in [4.69, 9.17) is 4.74 Å². The van der Waals surface area contributed by atoms with E-state index in [9.17, 15) is 0 Å². The molecular weight excluding hydrogens is 278 g/mol. The molecular formula is C18H29NOS. The Morgan fingerprint density at radius 1 is 1.24 bits per heavy atom. The molecule has 1 N–H and O–H groups in total. The van der Waals surface area contributed by atoms with E-state index in [-0.39, 0.29) is 0 Å². The van der Waals surface area contributed by atoms with Crippen LogP contribution in [0.2, 0.25) is 0 Å². The van der Waals surface area contributed by atoms with Crippen LogP contribution in [0.5, 0.6) is 5.75 Å². The first-order valence-electron chi connectivity index (χ1n) is 8.11. The molecule has 2 nitrogen and oxygen atoms in total. The highest BCUT2D eigenvalue weighted by molar-refractivity contribution is 8.00. The van der Waals surface area contributed by atoms with Crippen molar-refractivity contribution in [2.45, 2.75) is 50.8 Å². The van der Waals surface area contributed by atoms with Crippen LogP contribution in [0.15, 0.2) is 24.3 Å². The fourth-order valence-electron chi connectivity index (χ4n) is 2.57. The molecule has 3 heteroatoms. The summed E-state index contributed by atoms with van der Waals surface area (Å²) in [5.74, 6) is 1.68. The lowest BCUT2D eigenvalue weighted by atomic mass is 9.84. The Labute approximate surface area is 134 Å². The summed E-state index contributed by atoms with van der Waals surface area (Å²) >= 11 is 2.03. The van der Waals surface area contributed by atoms with Gasteiger partial charge in [-0.05, 0) is 49.1 Å². The molecule has 2 rings (SSSR count). The minimum Gasteiger partial charge on any atom is -0.494 e. The Morgan fingerprint density at radius 2 is 1.95 bits per heavy atom. The number of hydrogen-bond donors (Lipinski definition) is 1. The Bertz CT molecular complexity index is 406. The number of ether oxygens (including phenoxy) is 1. The maximum absolute atomic E-state index is 5.75. The van der Waals surface area contributed by atoms with E-state index < -0.39 is 0 Å². The zero-order valence-corrected chi connectivity index (χ0v) is 14.5. The minimum atomic E-state index is 0.514. The van der Waals surface area contributed by atoms with Gasteiger partial charge in [0, 0.05) is 17.8 Å². The Kier molecular flexibility index (Phi) is 6.43. The van der Waals surface area contributed by atoms with E-state index in [1.54, 1.807) is 0 Å². The molecule has 0 aromatic heterocycles. The summed E-state index contributed by atoms with van der Waals surface area (Å²) in [6, 6.07) is 8.52. The number of thioether (sulfide) groups is 1. The standard InChI is InChI=1S/C18H29NOS/c1-15(2)9-12-20-17-7-5-16(6-8-17)13-19-14-18(21-3)10-4-11-18/h5-8,15,19H,4,9-14H2,1-3H3. The average Bonchev–Trinajstić information content (AvgIpc) is 2.43. The van der Waals surface area contributed by atoms with Crippen LogP contribution in [0, 0.1) is 5.92 Å². The van der Waals surface area contributed by atoms with Crippen LogP contribution in [-0.4, -0.2) is 24.2 Å². The molecule has 0 spiro atoms. The molecule has 1 aromatic rings. The third-order valence-corrected chi connectivity index (χ3v) is 5.78. The van der Waals surface area contributed by atoms with Gasteiger partial charge in [0.2, 0.25) is 0 Å². The second-order valence-corrected chi connectivity index (χ2v) is 7.79. The molecule has 21 heavy (non-hydrogen) atoms. The lowest BCUT2D eigenvalue weighted by molar-refractivity contribution is 0.289. The monoisotopic (exact) mass is 307 g/mol. The van der Waals surface area contributed by atoms with Crippen LogP contribution in [0.4, 0.5) is 0 Å². The maximum atomic E-state index is 5.75.